The molecule has 4 aromatic rings. The van der Waals surface area contributed by atoms with Gasteiger partial charge in [-0.15, -0.1) is 11.3 Å². The largest absolute Gasteiger partial charge is 0.481 e. The first-order valence-electron chi connectivity index (χ1n) is 11.3. The van der Waals surface area contributed by atoms with E-state index in [1.54, 1.807) is 17.5 Å². The number of pyridine rings is 1. The number of nitrogens with two attached hydrogens (primary N) is 2. The molecule has 0 saturated heterocycles. The van der Waals surface area contributed by atoms with E-state index in [1.165, 1.54) is 0 Å². The summed E-state index contributed by atoms with van der Waals surface area (Å²) in [6.45, 7) is 0.405. The summed E-state index contributed by atoms with van der Waals surface area (Å²) in [4.78, 5) is 27.5. The van der Waals surface area contributed by atoms with Crippen LogP contribution in [-0.4, -0.2) is 22.1 Å². The van der Waals surface area contributed by atoms with Crippen molar-refractivity contribution in [2.45, 2.75) is 32.2 Å². The van der Waals surface area contributed by atoms with E-state index in [0.29, 0.717) is 30.2 Å². The molecule has 0 radical (unpaired) electrons. The Kier molecular flexibility index (Phi) is 7.59. The molecule has 0 fully saturated rings. The third-order valence-electron chi connectivity index (χ3n) is 5.66. The first-order valence-corrected chi connectivity index (χ1v) is 12.2. The Balaban J connectivity index is 1.47. The van der Waals surface area contributed by atoms with Crippen LogP contribution in [0.2, 0.25) is 0 Å². The lowest BCUT2D eigenvalue weighted by Gasteiger charge is -2.10. The smallest absolute Gasteiger partial charge is 0.323 e. The number of nitrogens with one attached hydrogen (secondary N) is 2. The molecule has 0 spiro atoms. The Labute approximate surface area is 207 Å². The van der Waals surface area contributed by atoms with Gasteiger partial charge < -0.3 is 27.2 Å². The van der Waals surface area contributed by atoms with E-state index in [4.69, 9.17) is 16.6 Å². The molecule has 0 atom stereocenters. The number of fused-ring (bicyclic) bond motifs is 1. The van der Waals surface area contributed by atoms with E-state index in [0.717, 1.165) is 45.2 Å². The molecule has 0 aliphatic heterocycles. The second-order valence-corrected chi connectivity index (χ2v) is 9.06. The number of aliphatic carboxylic acids is 1. The van der Waals surface area contributed by atoms with Gasteiger partial charge in [0.25, 0.3) is 0 Å². The molecule has 2 aromatic heterocycles. The van der Waals surface area contributed by atoms with Crippen molar-refractivity contribution < 1.29 is 14.7 Å². The number of aromatic nitrogens is 1. The van der Waals surface area contributed by atoms with Crippen molar-refractivity contribution >= 4 is 50.6 Å². The van der Waals surface area contributed by atoms with Crippen LogP contribution in [0, 0.1) is 0 Å². The van der Waals surface area contributed by atoms with Gasteiger partial charge in [0, 0.05) is 46.2 Å². The molecule has 2 aromatic carbocycles. The molecule has 2 heterocycles. The van der Waals surface area contributed by atoms with Crippen molar-refractivity contribution in [3.8, 4) is 11.1 Å². The predicted octanol–water partition coefficient (Wildman–Crippen LogP) is 5.45. The van der Waals surface area contributed by atoms with Gasteiger partial charge in [-0.2, -0.15) is 0 Å². The summed E-state index contributed by atoms with van der Waals surface area (Å²) in [7, 11) is 0. The zero-order valence-corrected chi connectivity index (χ0v) is 19.9. The number of unbranched alkanes of at least 4 members (excludes halogenated alkanes) is 1. The summed E-state index contributed by atoms with van der Waals surface area (Å²) < 4.78 is 1.07. The quantitative estimate of drug-likeness (QED) is 0.198. The van der Waals surface area contributed by atoms with Gasteiger partial charge in [-0.05, 0) is 65.6 Å². The summed E-state index contributed by atoms with van der Waals surface area (Å²) in [5.74, 6) is -0.313. The number of carboxylic acid groups (broad SMARTS) is 1. The monoisotopic (exact) mass is 489 g/mol. The minimum Gasteiger partial charge on any atom is -0.481 e. The van der Waals surface area contributed by atoms with Crippen molar-refractivity contribution in [1.29, 1.82) is 0 Å². The lowest BCUT2D eigenvalue weighted by Crippen LogP contribution is -2.19. The van der Waals surface area contributed by atoms with Gasteiger partial charge in [-0.25, -0.2) is 9.78 Å². The number of urea groups is 1. The molecular weight excluding hydrogens is 462 g/mol. The number of aryl methyl sites for hydroxylation is 1. The molecule has 7 N–H and O–H groups in total. The molecule has 0 unspecified atom stereocenters. The summed E-state index contributed by atoms with van der Waals surface area (Å²) in [6, 6.07) is 14.6. The van der Waals surface area contributed by atoms with E-state index in [2.05, 4.69) is 21.0 Å². The fraction of sp³-hybridized carbons (Fsp3) is 0.192. The first-order chi connectivity index (χ1) is 16.9. The third kappa shape index (κ3) is 5.95. The fourth-order valence-corrected chi connectivity index (χ4v) is 5.03. The number of rotatable bonds is 9. The van der Waals surface area contributed by atoms with E-state index in [-0.39, 0.29) is 12.5 Å². The molecular formula is C26H27N5O3S. The van der Waals surface area contributed by atoms with E-state index in [1.807, 2.05) is 48.5 Å². The van der Waals surface area contributed by atoms with Gasteiger partial charge in [-0.3, -0.25) is 4.79 Å². The molecule has 9 heteroatoms. The average Bonchev–Trinajstić information content (AvgIpc) is 3.30. The lowest BCUT2D eigenvalue weighted by atomic mass is 10.0. The van der Waals surface area contributed by atoms with Crippen molar-refractivity contribution in [3.05, 3.63) is 71.2 Å². The molecule has 0 aliphatic carbocycles. The van der Waals surface area contributed by atoms with Crippen LogP contribution in [0.3, 0.4) is 0 Å². The summed E-state index contributed by atoms with van der Waals surface area (Å²) >= 11 is 1.61. The minimum absolute atomic E-state index is 0.166. The summed E-state index contributed by atoms with van der Waals surface area (Å²) in [5.41, 5.74) is 17.2. The zero-order chi connectivity index (χ0) is 24.8. The van der Waals surface area contributed by atoms with Crippen molar-refractivity contribution in [2.24, 2.45) is 5.73 Å². The SMILES string of the molecule is NCc1cccc(NC(=O)Nc2ccc(-c3csc4c(CCCCC(=O)O)cnc(N)c34)cc2)c1. The fourth-order valence-electron chi connectivity index (χ4n) is 3.90. The van der Waals surface area contributed by atoms with E-state index >= 15 is 0 Å². The van der Waals surface area contributed by atoms with Gasteiger partial charge in [0.05, 0.1) is 0 Å². The Morgan fingerprint density at radius 3 is 2.54 bits per heavy atom. The number of hydrogen-bond acceptors (Lipinski definition) is 6. The molecule has 180 valence electrons. The predicted molar refractivity (Wildman–Crippen MR) is 142 cm³/mol. The lowest BCUT2D eigenvalue weighted by molar-refractivity contribution is -0.137. The number of amides is 2. The Hall–Kier alpha value is -3.95. The average molecular weight is 490 g/mol. The van der Waals surface area contributed by atoms with Crippen molar-refractivity contribution in [1.82, 2.24) is 4.98 Å². The highest BCUT2D eigenvalue weighted by Crippen LogP contribution is 2.39. The van der Waals surface area contributed by atoms with Crippen LogP contribution >= 0.6 is 11.3 Å². The number of thiophene rings is 1. The van der Waals surface area contributed by atoms with Gasteiger partial charge in [0.1, 0.15) is 5.82 Å². The maximum Gasteiger partial charge on any atom is 0.323 e. The normalized spacial score (nSPS) is 10.9. The topological polar surface area (TPSA) is 143 Å². The maximum absolute atomic E-state index is 12.4. The minimum atomic E-state index is -0.778. The van der Waals surface area contributed by atoms with Crippen LogP contribution in [0.15, 0.2) is 60.1 Å². The second-order valence-electron chi connectivity index (χ2n) is 8.18. The number of hydrogen-bond donors (Lipinski definition) is 5. The van der Waals surface area contributed by atoms with Crippen LogP contribution in [0.1, 0.15) is 30.4 Å². The van der Waals surface area contributed by atoms with Gasteiger partial charge in [0.15, 0.2) is 0 Å². The first kappa shape index (κ1) is 24.2. The molecule has 0 saturated carbocycles. The molecule has 0 bridgehead atoms. The molecule has 0 aliphatic rings. The highest BCUT2D eigenvalue weighted by Gasteiger charge is 2.14. The van der Waals surface area contributed by atoms with Crippen molar-refractivity contribution in [2.75, 3.05) is 16.4 Å². The van der Waals surface area contributed by atoms with E-state index < -0.39 is 5.97 Å². The Bertz CT molecular complexity index is 1350. The summed E-state index contributed by atoms with van der Waals surface area (Å²) in [5, 5.41) is 17.5. The standard InChI is InChI=1S/C26H27N5O3S/c27-13-16-4-3-6-20(12-16)31-26(34)30-19-10-8-17(9-11-19)21-15-35-24-18(5-1-2-7-22(32)33)14-29-25(28)23(21)24/h3-4,6,8-12,14-15H,1-2,5,7,13,27H2,(H2,28,29)(H,32,33)(H2,30,31,34). The Morgan fingerprint density at radius 1 is 1.03 bits per heavy atom. The molecule has 35 heavy (non-hydrogen) atoms. The molecule has 8 nitrogen and oxygen atoms in total. The number of carbonyl (C=O) groups excluding carboxylic acids is 1. The van der Waals surface area contributed by atoms with E-state index in [9.17, 15) is 9.59 Å². The number of nitrogen functional groups attached to an aromatic ring is 1. The third-order valence-corrected chi connectivity index (χ3v) is 6.71. The van der Waals surface area contributed by atoms with Gasteiger partial charge >= 0.3 is 12.0 Å². The number of carbonyl (C=O) groups is 2. The van der Waals surface area contributed by atoms with Gasteiger partial charge in [-0.1, -0.05) is 24.3 Å². The van der Waals surface area contributed by atoms with Gasteiger partial charge in [0.2, 0.25) is 0 Å². The highest BCUT2D eigenvalue weighted by atomic mass is 32.1. The zero-order valence-electron chi connectivity index (χ0n) is 19.1. The number of anilines is 3. The number of carboxylic acids is 1. The van der Waals surface area contributed by atoms with Crippen LogP contribution in [0.5, 0.6) is 0 Å². The second kappa shape index (κ2) is 11.0. The van der Waals surface area contributed by atoms with Crippen LogP contribution < -0.4 is 22.1 Å². The number of benzene rings is 2. The maximum atomic E-state index is 12.4. The molecule has 2 amide bonds. The number of nitrogens with zero attached hydrogens (tertiary/aromatic N) is 1. The molecule has 4 rings (SSSR count). The van der Waals surface area contributed by atoms with Crippen LogP contribution in [-0.2, 0) is 17.8 Å². The van der Waals surface area contributed by atoms with Crippen LogP contribution in [0.25, 0.3) is 21.2 Å². The summed E-state index contributed by atoms with van der Waals surface area (Å²) in [6.07, 6.45) is 4.11. The van der Waals surface area contributed by atoms with Crippen molar-refractivity contribution in [3.63, 3.8) is 0 Å². The highest BCUT2D eigenvalue weighted by molar-refractivity contribution is 7.18. The Morgan fingerprint density at radius 2 is 1.80 bits per heavy atom. The van der Waals surface area contributed by atoms with Crippen LogP contribution in [0.4, 0.5) is 22.0 Å².